The molecule has 3 rings (SSSR count). The summed E-state index contributed by atoms with van der Waals surface area (Å²) in [6.07, 6.45) is 0. The van der Waals surface area contributed by atoms with Crippen molar-refractivity contribution in [2.45, 2.75) is 40.8 Å². The monoisotopic (exact) mass is 347 g/mol. The van der Waals surface area contributed by atoms with E-state index in [1.807, 2.05) is 55.8 Å². The van der Waals surface area contributed by atoms with Gasteiger partial charge in [-0.3, -0.25) is 9.48 Å². The molecule has 2 aromatic carbocycles. The van der Waals surface area contributed by atoms with Crippen LogP contribution in [0.4, 0.5) is 0 Å². The van der Waals surface area contributed by atoms with Crippen molar-refractivity contribution in [3.8, 4) is 0 Å². The molecule has 0 aliphatic rings. The van der Waals surface area contributed by atoms with Gasteiger partial charge in [0, 0.05) is 23.4 Å². The number of nitrogens with zero attached hydrogens (tertiary/aromatic N) is 2. The number of benzene rings is 2. The highest BCUT2D eigenvalue weighted by atomic mass is 16.1. The van der Waals surface area contributed by atoms with Crippen molar-refractivity contribution in [3.05, 3.63) is 87.7 Å². The van der Waals surface area contributed by atoms with Crippen LogP contribution in [0.2, 0.25) is 0 Å². The minimum absolute atomic E-state index is 0.0496. The quantitative estimate of drug-likeness (QED) is 0.755. The van der Waals surface area contributed by atoms with Crippen molar-refractivity contribution >= 4 is 5.91 Å². The molecule has 0 fully saturated rings. The fraction of sp³-hybridized carbons (Fsp3) is 0.273. The molecule has 0 aliphatic carbocycles. The van der Waals surface area contributed by atoms with Gasteiger partial charge in [-0.25, -0.2) is 0 Å². The Morgan fingerprint density at radius 2 is 1.65 bits per heavy atom. The number of carbonyl (C=O) groups is 1. The maximum atomic E-state index is 12.5. The molecule has 0 aliphatic heterocycles. The second-order valence-electron chi connectivity index (χ2n) is 6.85. The first-order chi connectivity index (χ1) is 12.4. The van der Waals surface area contributed by atoms with Gasteiger partial charge in [0.2, 0.25) is 0 Å². The van der Waals surface area contributed by atoms with Crippen molar-refractivity contribution < 1.29 is 4.79 Å². The number of rotatable bonds is 5. The zero-order valence-corrected chi connectivity index (χ0v) is 15.8. The maximum Gasteiger partial charge on any atom is 0.251 e. The van der Waals surface area contributed by atoms with Crippen LogP contribution in [-0.4, -0.2) is 15.7 Å². The highest BCUT2D eigenvalue weighted by Gasteiger charge is 2.14. The number of hydrogen-bond donors (Lipinski definition) is 1. The summed E-state index contributed by atoms with van der Waals surface area (Å²) in [6.45, 7) is 9.28. The zero-order valence-electron chi connectivity index (χ0n) is 15.8. The Morgan fingerprint density at radius 1 is 1.00 bits per heavy atom. The van der Waals surface area contributed by atoms with E-state index in [2.05, 4.69) is 35.5 Å². The molecule has 1 aromatic heterocycles. The molecule has 3 aromatic rings. The normalized spacial score (nSPS) is 10.8. The Labute approximate surface area is 154 Å². The van der Waals surface area contributed by atoms with Crippen LogP contribution in [0.3, 0.4) is 0 Å². The third-order valence-corrected chi connectivity index (χ3v) is 4.62. The molecule has 0 radical (unpaired) electrons. The number of hydrogen-bond acceptors (Lipinski definition) is 2. The summed E-state index contributed by atoms with van der Waals surface area (Å²) in [5.41, 5.74) is 7.24. The highest BCUT2D eigenvalue weighted by molar-refractivity contribution is 5.94. The lowest BCUT2D eigenvalue weighted by Gasteiger charge is -2.08. The van der Waals surface area contributed by atoms with Gasteiger partial charge in [0.15, 0.2) is 0 Å². The molecular weight excluding hydrogens is 322 g/mol. The molecule has 134 valence electrons. The van der Waals surface area contributed by atoms with Crippen LogP contribution in [0.25, 0.3) is 0 Å². The Hall–Kier alpha value is -2.88. The third kappa shape index (κ3) is 4.02. The first kappa shape index (κ1) is 17.9. The molecule has 0 saturated heterocycles. The largest absolute Gasteiger partial charge is 0.348 e. The lowest BCUT2D eigenvalue weighted by atomic mass is 10.1. The van der Waals surface area contributed by atoms with Gasteiger partial charge < -0.3 is 5.32 Å². The summed E-state index contributed by atoms with van der Waals surface area (Å²) >= 11 is 0. The lowest BCUT2D eigenvalue weighted by Crippen LogP contribution is -2.23. The molecule has 0 atom stereocenters. The topological polar surface area (TPSA) is 46.9 Å². The highest BCUT2D eigenvalue weighted by Crippen LogP contribution is 2.15. The summed E-state index contributed by atoms with van der Waals surface area (Å²) in [5.74, 6) is -0.0496. The second kappa shape index (κ2) is 7.56. The molecule has 0 unspecified atom stereocenters. The molecule has 0 saturated carbocycles. The molecule has 0 spiro atoms. The van der Waals surface area contributed by atoms with Gasteiger partial charge in [-0.1, -0.05) is 47.5 Å². The van der Waals surface area contributed by atoms with E-state index in [-0.39, 0.29) is 5.91 Å². The Balaban J connectivity index is 1.73. The second-order valence-corrected chi connectivity index (χ2v) is 6.85. The first-order valence-electron chi connectivity index (χ1n) is 8.87. The van der Waals surface area contributed by atoms with E-state index >= 15 is 0 Å². The SMILES string of the molecule is Cc1cc(C)cc(C(=O)NCc2c(C)nn(Cc3ccccc3)c2C)c1. The Morgan fingerprint density at radius 3 is 2.31 bits per heavy atom. The van der Waals surface area contributed by atoms with Crippen molar-refractivity contribution in [2.75, 3.05) is 0 Å². The van der Waals surface area contributed by atoms with E-state index in [0.29, 0.717) is 12.1 Å². The van der Waals surface area contributed by atoms with E-state index in [1.165, 1.54) is 5.56 Å². The average molecular weight is 347 g/mol. The third-order valence-electron chi connectivity index (χ3n) is 4.62. The first-order valence-corrected chi connectivity index (χ1v) is 8.87. The van der Waals surface area contributed by atoms with Gasteiger partial charge >= 0.3 is 0 Å². The van der Waals surface area contributed by atoms with Crippen LogP contribution in [0.15, 0.2) is 48.5 Å². The van der Waals surface area contributed by atoms with Crippen molar-refractivity contribution in [1.82, 2.24) is 15.1 Å². The van der Waals surface area contributed by atoms with Crippen LogP contribution in [-0.2, 0) is 13.1 Å². The Kier molecular flexibility index (Phi) is 5.21. The van der Waals surface area contributed by atoms with E-state index < -0.39 is 0 Å². The van der Waals surface area contributed by atoms with Crippen molar-refractivity contribution in [1.29, 1.82) is 0 Å². The fourth-order valence-corrected chi connectivity index (χ4v) is 3.28. The number of amides is 1. The molecule has 1 amide bonds. The van der Waals surface area contributed by atoms with Gasteiger partial charge in [0.05, 0.1) is 12.2 Å². The number of nitrogens with one attached hydrogen (secondary N) is 1. The molecule has 26 heavy (non-hydrogen) atoms. The minimum Gasteiger partial charge on any atom is -0.348 e. The van der Waals surface area contributed by atoms with Crippen molar-refractivity contribution in [3.63, 3.8) is 0 Å². The Bertz CT molecular complexity index is 906. The summed E-state index contributed by atoms with van der Waals surface area (Å²) in [6, 6.07) is 16.2. The molecule has 1 N–H and O–H groups in total. The van der Waals surface area contributed by atoms with Gasteiger partial charge in [0.1, 0.15) is 0 Å². The van der Waals surface area contributed by atoms with Crippen LogP contribution >= 0.6 is 0 Å². The maximum absolute atomic E-state index is 12.5. The van der Waals surface area contributed by atoms with Gasteiger partial charge in [-0.15, -0.1) is 0 Å². The summed E-state index contributed by atoms with van der Waals surface area (Å²) in [7, 11) is 0. The predicted octanol–water partition coefficient (Wildman–Crippen LogP) is 4.10. The van der Waals surface area contributed by atoms with Crippen LogP contribution < -0.4 is 5.32 Å². The smallest absolute Gasteiger partial charge is 0.251 e. The summed E-state index contributed by atoms with van der Waals surface area (Å²) in [4.78, 5) is 12.5. The number of aryl methyl sites for hydroxylation is 3. The molecular formula is C22H25N3O. The predicted molar refractivity (Wildman–Crippen MR) is 104 cm³/mol. The molecule has 1 heterocycles. The average Bonchev–Trinajstić information content (AvgIpc) is 2.86. The van der Waals surface area contributed by atoms with Crippen LogP contribution in [0.5, 0.6) is 0 Å². The van der Waals surface area contributed by atoms with E-state index in [9.17, 15) is 4.79 Å². The van der Waals surface area contributed by atoms with Gasteiger partial charge in [-0.2, -0.15) is 5.10 Å². The van der Waals surface area contributed by atoms with Crippen molar-refractivity contribution in [2.24, 2.45) is 0 Å². The summed E-state index contributed by atoms with van der Waals surface area (Å²) < 4.78 is 2.00. The molecule has 4 nitrogen and oxygen atoms in total. The van der Waals surface area contributed by atoms with Crippen LogP contribution in [0, 0.1) is 27.7 Å². The van der Waals surface area contributed by atoms with Gasteiger partial charge in [0.25, 0.3) is 5.91 Å². The van der Waals surface area contributed by atoms with Crippen LogP contribution in [0.1, 0.15) is 44.0 Å². The standard InChI is InChI=1S/C22H25N3O/c1-15-10-16(2)12-20(11-15)22(26)23-13-21-17(3)24-25(18(21)4)14-19-8-6-5-7-9-19/h5-12H,13-14H2,1-4H3,(H,23,26). The number of carbonyl (C=O) groups excluding carboxylic acids is 1. The fourth-order valence-electron chi connectivity index (χ4n) is 3.28. The van der Waals surface area contributed by atoms with Gasteiger partial charge in [-0.05, 0) is 45.4 Å². The molecule has 0 bridgehead atoms. The zero-order chi connectivity index (χ0) is 18.7. The summed E-state index contributed by atoms with van der Waals surface area (Å²) in [5, 5.41) is 7.69. The van der Waals surface area contributed by atoms with E-state index in [1.54, 1.807) is 0 Å². The molecule has 4 heteroatoms. The van der Waals surface area contributed by atoms with E-state index in [4.69, 9.17) is 0 Å². The number of aromatic nitrogens is 2. The van der Waals surface area contributed by atoms with E-state index in [0.717, 1.165) is 34.6 Å². The minimum atomic E-state index is -0.0496. The lowest BCUT2D eigenvalue weighted by molar-refractivity contribution is 0.0950.